The maximum Gasteiger partial charge on any atom is 0.136 e. The summed E-state index contributed by atoms with van der Waals surface area (Å²) >= 11 is 0. The van der Waals surface area contributed by atoms with Crippen LogP contribution in [0.5, 0.6) is 0 Å². The highest BCUT2D eigenvalue weighted by Crippen LogP contribution is 2.43. The van der Waals surface area contributed by atoms with Gasteiger partial charge in [0.05, 0.1) is 17.3 Å². The van der Waals surface area contributed by atoms with Crippen LogP contribution in [0.1, 0.15) is 26.3 Å². The lowest BCUT2D eigenvalue weighted by Gasteiger charge is -2.17. The Kier molecular flexibility index (Phi) is 3.47. The standard InChI is InChI=1S/C28H23NO/c1-28(2,3)22-17-30-24-16-14-21-25-20-12-8-7-9-18(20)13-15-23(25)29(27(21)26(22)24)19-10-5-4-6-11-19/h4-17H,1-3H3. The number of para-hydroxylation sites is 1. The third kappa shape index (κ3) is 2.31. The smallest absolute Gasteiger partial charge is 0.136 e. The van der Waals surface area contributed by atoms with Crippen molar-refractivity contribution in [1.29, 1.82) is 0 Å². The van der Waals surface area contributed by atoms with Crippen LogP contribution >= 0.6 is 0 Å². The quantitative estimate of drug-likeness (QED) is 0.279. The lowest BCUT2D eigenvalue weighted by atomic mass is 9.86. The van der Waals surface area contributed by atoms with E-state index < -0.39 is 0 Å². The van der Waals surface area contributed by atoms with Crippen LogP contribution in [-0.2, 0) is 5.41 Å². The van der Waals surface area contributed by atoms with E-state index in [-0.39, 0.29) is 5.41 Å². The fraction of sp³-hybridized carbons (Fsp3) is 0.143. The topological polar surface area (TPSA) is 18.1 Å². The largest absolute Gasteiger partial charge is 0.464 e. The van der Waals surface area contributed by atoms with E-state index in [9.17, 15) is 0 Å². The molecule has 2 nitrogen and oxygen atoms in total. The molecule has 2 heteroatoms. The van der Waals surface area contributed by atoms with Gasteiger partial charge >= 0.3 is 0 Å². The van der Waals surface area contributed by atoms with Crippen molar-refractivity contribution in [3.8, 4) is 5.69 Å². The van der Waals surface area contributed by atoms with E-state index in [1.165, 1.54) is 49.2 Å². The molecule has 6 aromatic rings. The molecular formula is C28H23NO. The van der Waals surface area contributed by atoms with Gasteiger partial charge in [0.1, 0.15) is 5.58 Å². The van der Waals surface area contributed by atoms with Gasteiger partial charge in [0.25, 0.3) is 0 Å². The Labute approximate surface area is 175 Å². The van der Waals surface area contributed by atoms with Gasteiger partial charge in [-0.3, -0.25) is 0 Å². The van der Waals surface area contributed by atoms with Crippen molar-refractivity contribution < 1.29 is 4.42 Å². The molecule has 0 N–H and O–H groups in total. The summed E-state index contributed by atoms with van der Waals surface area (Å²) < 4.78 is 8.45. The van der Waals surface area contributed by atoms with Crippen molar-refractivity contribution in [2.45, 2.75) is 26.2 Å². The molecule has 0 radical (unpaired) electrons. The monoisotopic (exact) mass is 389 g/mol. The minimum absolute atomic E-state index is 0.0143. The molecule has 0 aliphatic carbocycles. The van der Waals surface area contributed by atoms with Crippen molar-refractivity contribution in [2.75, 3.05) is 0 Å². The van der Waals surface area contributed by atoms with E-state index in [0.717, 1.165) is 5.58 Å². The Morgan fingerprint density at radius 1 is 0.700 bits per heavy atom. The van der Waals surface area contributed by atoms with Gasteiger partial charge in [-0.05, 0) is 46.5 Å². The Bertz CT molecular complexity index is 1560. The Morgan fingerprint density at radius 3 is 2.27 bits per heavy atom. The van der Waals surface area contributed by atoms with Gasteiger partial charge in [0.15, 0.2) is 0 Å². The number of aromatic nitrogens is 1. The first-order valence-corrected chi connectivity index (χ1v) is 10.5. The number of hydrogen-bond donors (Lipinski definition) is 0. The van der Waals surface area contributed by atoms with Gasteiger partial charge in [0.2, 0.25) is 0 Å². The molecule has 0 aliphatic rings. The van der Waals surface area contributed by atoms with Crippen molar-refractivity contribution in [3.63, 3.8) is 0 Å². The summed E-state index contributed by atoms with van der Waals surface area (Å²) in [7, 11) is 0. The summed E-state index contributed by atoms with van der Waals surface area (Å²) in [5, 5.41) is 6.33. The fourth-order valence-electron chi connectivity index (χ4n) is 4.79. The van der Waals surface area contributed by atoms with E-state index in [1.807, 2.05) is 6.26 Å². The molecule has 0 saturated heterocycles. The molecule has 0 unspecified atom stereocenters. The predicted molar refractivity (Wildman–Crippen MR) is 127 cm³/mol. The molecule has 30 heavy (non-hydrogen) atoms. The number of fused-ring (bicyclic) bond motifs is 7. The van der Waals surface area contributed by atoms with E-state index in [0.29, 0.717) is 0 Å². The SMILES string of the molecule is CC(C)(C)c1coc2ccc3c4c5ccccc5ccc4n(-c4ccccc4)c3c12. The van der Waals surface area contributed by atoms with Crippen LogP contribution in [-0.4, -0.2) is 4.57 Å². The first kappa shape index (κ1) is 17.3. The number of hydrogen-bond acceptors (Lipinski definition) is 1. The van der Waals surface area contributed by atoms with E-state index in [1.54, 1.807) is 0 Å². The van der Waals surface area contributed by atoms with Crippen molar-refractivity contribution in [2.24, 2.45) is 0 Å². The van der Waals surface area contributed by atoms with Crippen LogP contribution in [0.25, 0.3) is 49.2 Å². The molecular weight excluding hydrogens is 366 g/mol. The van der Waals surface area contributed by atoms with Crippen molar-refractivity contribution in [3.05, 3.63) is 90.7 Å². The van der Waals surface area contributed by atoms with E-state index >= 15 is 0 Å². The van der Waals surface area contributed by atoms with Gasteiger partial charge in [-0.2, -0.15) is 0 Å². The minimum Gasteiger partial charge on any atom is -0.464 e. The lowest BCUT2D eigenvalue weighted by molar-refractivity contribution is 0.557. The summed E-state index contributed by atoms with van der Waals surface area (Å²) in [6.07, 6.45) is 1.94. The Morgan fingerprint density at radius 2 is 1.47 bits per heavy atom. The highest BCUT2D eigenvalue weighted by Gasteiger charge is 2.25. The Hall–Kier alpha value is -3.52. The second kappa shape index (κ2) is 5.99. The second-order valence-corrected chi connectivity index (χ2v) is 9.09. The van der Waals surface area contributed by atoms with Crippen LogP contribution in [0, 0.1) is 0 Å². The zero-order valence-corrected chi connectivity index (χ0v) is 17.4. The number of benzene rings is 4. The third-order valence-corrected chi connectivity index (χ3v) is 6.18. The maximum absolute atomic E-state index is 6.04. The first-order valence-electron chi connectivity index (χ1n) is 10.5. The second-order valence-electron chi connectivity index (χ2n) is 9.09. The van der Waals surface area contributed by atoms with Crippen LogP contribution in [0.4, 0.5) is 0 Å². The van der Waals surface area contributed by atoms with Crippen LogP contribution in [0.15, 0.2) is 89.5 Å². The van der Waals surface area contributed by atoms with E-state index in [2.05, 4.69) is 104 Å². The van der Waals surface area contributed by atoms with Crippen LogP contribution in [0.3, 0.4) is 0 Å². The molecule has 146 valence electrons. The van der Waals surface area contributed by atoms with Crippen LogP contribution < -0.4 is 0 Å². The molecule has 0 spiro atoms. The zero-order chi connectivity index (χ0) is 20.5. The Balaban J connectivity index is 1.94. The van der Waals surface area contributed by atoms with Gasteiger partial charge in [-0.1, -0.05) is 69.3 Å². The minimum atomic E-state index is -0.0143. The molecule has 4 aromatic carbocycles. The average molecular weight is 389 g/mol. The molecule has 0 atom stereocenters. The van der Waals surface area contributed by atoms with Crippen molar-refractivity contribution in [1.82, 2.24) is 4.57 Å². The van der Waals surface area contributed by atoms with Gasteiger partial charge < -0.3 is 8.98 Å². The number of nitrogens with zero attached hydrogens (tertiary/aromatic N) is 1. The van der Waals surface area contributed by atoms with Gasteiger partial charge in [0, 0.05) is 27.4 Å². The average Bonchev–Trinajstić information content (AvgIpc) is 3.33. The molecule has 2 heterocycles. The first-order chi connectivity index (χ1) is 14.5. The molecule has 0 bridgehead atoms. The molecule has 6 rings (SSSR count). The molecule has 2 aromatic heterocycles. The van der Waals surface area contributed by atoms with E-state index in [4.69, 9.17) is 4.42 Å². The van der Waals surface area contributed by atoms with Gasteiger partial charge in [-0.25, -0.2) is 0 Å². The van der Waals surface area contributed by atoms with Crippen LogP contribution in [0.2, 0.25) is 0 Å². The fourth-order valence-corrected chi connectivity index (χ4v) is 4.79. The summed E-state index contributed by atoms with van der Waals surface area (Å²) in [5.74, 6) is 0. The van der Waals surface area contributed by atoms with Gasteiger partial charge in [-0.15, -0.1) is 0 Å². The molecule has 0 aliphatic heterocycles. The highest BCUT2D eigenvalue weighted by molar-refractivity contribution is 6.26. The number of rotatable bonds is 1. The van der Waals surface area contributed by atoms with Crippen molar-refractivity contribution >= 4 is 43.5 Å². The summed E-state index contributed by atoms with van der Waals surface area (Å²) in [4.78, 5) is 0. The summed E-state index contributed by atoms with van der Waals surface area (Å²) in [5.41, 5.74) is 5.79. The summed E-state index contributed by atoms with van der Waals surface area (Å²) in [6, 6.07) is 28.2. The molecule has 0 amide bonds. The normalized spacial score (nSPS) is 12.5. The molecule has 0 saturated carbocycles. The molecule has 0 fully saturated rings. The maximum atomic E-state index is 6.04. The lowest BCUT2D eigenvalue weighted by Crippen LogP contribution is -2.10. The third-order valence-electron chi connectivity index (χ3n) is 6.18. The predicted octanol–water partition coefficient (Wildman–Crippen LogP) is 7.98. The zero-order valence-electron chi connectivity index (χ0n) is 17.4. The number of furan rings is 1. The summed E-state index contributed by atoms with van der Waals surface area (Å²) in [6.45, 7) is 6.75. The highest BCUT2D eigenvalue weighted by atomic mass is 16.3.